The van der Waals surface area contributed by atoms with Gasteiger partial charge in [0.25, 0.3) is 0 Å². The van der Waals surface area contributed by atoms with E-state index in [0.717, 1.165) is 22.4 Å². The number of halogens is 1. The number of pyridine rings is 1. The van der Waals surface area contributed by atoms with E-state index in [-0.39, 0.29) is 12.4 Å². The molecule has 0 saturated carbocycles. The molecule has 3 aromatic rings. The van der Waals surface area contributed by atoms with Crippen LogP contribution in [-0.2, 0) is 4.79 Å². The number of nitrogens with zero attached hydrogens (tertiary/aromatic N) is 4. The number of amides is 1. The summed E-state index contributed by atoms with van der Waals surface area (Å²) in [7, 11) is 0. The zero-order valence-electron chi connectivity index (χ0n) is 11.3. The summed E-state index contributed by atoms with van der Waals surface area (Å²) in [5.41, 5.74) is 8.07. The van der Waals surface area contributed by atoms with E-state index < -0.39 is 5.91 Å². The van der Waals surface area contributed by atoms with Crippen LogP contribution in [0.25, 0.3) is 28.5 Å². The van der Waals surface area contributed by atoms with Crippen LogP contribution in [0.3, 0.4) is 0 Å². The second-order valence-electron chi connectivity index (χ2n) is 4.73. The molecule has 0 radical (unpaired) electrons. The number of hydrogen-bond donors (Lipinski definition) is 3. The average molecular weight is 318 g/mol. The number of H-pyrrole nitrogens is 1. The summed E-state index contributed by atoms with van der Waals surface area (Å²) in [4.78, 5) is 15.3. The van der Waals surface area contributed by atoms with E-state index in [1.165, 1.54) is 0 Å². The van der Waals surface area contributed by atoms with E-state index in [0.29, 0.717) is 17.8 Å². The number of anilines is 1. The molecule has 8 nitrogen and oxygen atoms in total. The molecule has 4 N–H and O–H groups in total. The molecule has 22 heavy (non-hydrogen) atoms. The van der Waals surface area contributed by atoms with Gasteiger partial charge in [0.2, 0.25) is 5.91 Å². The third kappa shape index (κ3) is 2.09. The Kier molecular flexibility index (Phi) is 3.30. The van der Waals surface area contributed by atoms with E-state index in [2.05, 4.69) is 25.6 Å². The molecule has 3 aromatic heterocycles. The quantitative estimate of drug-likeness (QED) is 0.652. The minimum atomic E-state index is -0.459. The Bertz CT molecular complexity index is 895. The van der Waals surface area contributed by atoms with E-state index in [1.54, 1.807) is 23.3 Å². The van der Waals surface area contributed by atoms with Crippen molar-refractivity contribution in [2.75, 3.05) is 11.9 Å². The highest BCUT2D eigenvalue weighted by atomic mass is 35.5. The standard InChI is InChI=1S/C13H11N7O.ClH/c14-13(21)7-4-16-11-3-10(19-20(11)6-7)12-8-5-15-2-1-9(8)17-18-12;/h1-3,5-6,16H,4H2,(H2,14,21)(H,17,18);1H. The van der Waals surface area contributed by atoms with Crippen LogP contribution in [0.15, 0.2) is 30.1 Å². The lowest BCUT2D eigenvalue weighted by atomic mass is 10.2. The van der Waals surface area contributed by atoms with Gasteiger partial charge >= 0.3 is 0 Å². The molecule has 4 heterocycles. The van der Waals surface area contributed by atoms with Crippen LogP contribution < -0.4 is 11.1 Å². The third-order valence-electron chi connectivity index (χ3n) is 3.40. The molecule has 4 rings (SSSR count). The first-order valence-corrected chi connectivity index (χ1v) is 6.35. The number of primary amides is 1. The van der Waals surface area contributed by atoms with E-state index in [1.807, 2.05) is 12.1 Å². The Hall–Kier alpha value is -2.87. The fourth-order valence-electron chi connectivity index (χ4n) is 2.32. The second-order valence-corrected chi connectivity index (χ2v) is 4.73. The van der Waals surface area contributed by atoms with E-state index >= 15 is 0 Å². The molecule has 0 bridgehead atoms. The van der Waals surface area contributed by atoms with Gasteiger partial charge in [-0.2, -0.15) is 10.2 Å². The Balaban J connectivity index is 0.00000144. The predicted molar refractivity (Wildman–Crippen MR) is 84.3 cm³/mol. The lowest BCUT2D eigenvalue weighted by Gasteiger charge is -2.13. The molecule has 0 unspecified atom stereocenters. The van der Waals surface area contributed by atoms with Crippen LogP contribution in [0.4, 0.5) is 5.82 Å². The van der Waals surface area contributed by atoms with Gasteiger partial charge in [-0.05, 0) is 6.07 Å². The SMILES string of the molecule is Cl.NC(=O)C1=Cn2nc(-c3n[nH]c4ccncc34)cc2NC1. The number of nitrogens with one attached hydrogen (secondary N) is 2. The summed E-state index contributed by atoms with van der Waals surface area (Å²) in [5.74, 6) is 0.328. The lowest BCUT2D eigenvalue weighted by Crippen LogP contribution is -2.24. The molecule has 1 aliphatic rings. The predicted octanol–water partition coefficient (Wildman–Crippen LogP) is 0.995. The summed E-state index contributed by atoms with van der Waals surface area (Å²) in [6.07, 6.45) is 5.07. The van der Waals surface area contributed by atoms with Crippen molar-refractivity contribution in [2.45, 2.75) is 0 Å². The summed E-state index contributed by atoms with van der Waals surface area (Å²) in [5, 5.41) is 15.7. The molecule has 9 heteroatoms. The van der Waals surface area contributed by atoms with Crippen LogP contribution >= 0.6 is 12.4 Å². The highest BCUT2D eigenvalue weighted by Crippen LogP contribution is 2.28. The van der Waals surface area contributed by atoms with Crippen molar-refractivity contribution in [3.63, 3.8) is 0 Å². The number of rotatable bonds is 2. The second kappa shape index (κ2) is 5.15. The van der Waals surface area contributed by atoms with Gasteiger partial charge in [-0.1, -0.05) is 0 Å². The highest BCUT2D eigenvalue weighted by Gasteiger charge is 2.18. The number of carbonyl (C=O) groups is 1. The van der Waals surface area contributed by atoms with Crippen LogP contribution in [0.1, 0.15) is 0 Å². The number of carbonyl (C=O) groups excluding carboxylic acids is 1. The first-order valence-electron chi connectivity index (χ1n) is 6.35. The van der Waals surface area contributed by atoms with Gasteiger partial charge in [0.05, 0.1) is 11.1 Å². The van der Waals surface area contributed by atoms with Crippen molar-refractivity contribution in [2.24, 2.45) is 5.73 Å². The van der Waals surface area contributed by atoms with Crippen LogP contribution in [0.2, 0.25) is 0 Å². The Morgan fingerprint density at radius 1 is 1.41 bits per heavy atom. The first kappa shape index (κ1) is 14.1. The Morgan fingerprint density at radius 3 is 3.09 bits per heavy atom. The van der Waals surface area contributed by atoms with Crippen molar-refractivity contribution >= 4 is 41.2 Å². The fraction of sp³-hybridized carbons (Fsp3) is 0.0769. The smallest absolute Gasteiger partial charge is 0.247 e. The molecular weight excluding hydrogens is 306 g/mol. The van der Waals surface area contributed by atoms with Gasteiger partial charge in [-0.15, -0.1) is 12.4 Å². The lowest BCUT2D eigenvalue weighted by molar-refractivity contribution is -0.114. The molecule has 0 saturated heterocycles. The van der Waals surface area contributed by atoms with Crippen molar-refractivity contribution in [1.82, 2.24) is 25.0 Å². The van der Waals surface area contributed by atoms with Gasteiger partial charge in [-0.25, -0.2) is 4.68 Å². The van der Waals surface area contributed by atoms with Gasteiger partial charge in [-0.3, -0.25) is 14.9 Å². The molecular formula is C13H12ClN7O. The molecule has 1 aliphatic heterocycles. The monoisotopic (exact) mass is 317 g/mol. The average Bonchev–Trinajstić information content (AvgIpc) is 3.09. The third-order valence-corrected chi connectivity index (χ3v) is 3.40. The van der Waals surface area contributed by atoms with Crippen LogP contribution in [0.5, 0.6) is 0 Å². The largest absolute Gasteiger partial charge is 0.366 e. The van der Waals surface area contributed by atoms with Gasteiger partial charge < -0.3 is 11.1 Å². The summed E-state index contributed by atoms with van der Waals surface area (Å²) in [6.45, 7) is 0.392. The number of aromatic nitrogens is 5. The zero-order valence-corrected chi connectivity index (χ0v) is 12.1. The molecule has 0 aliphatic carbocycles. The minimum absolute atomic E-state index is 0. The maximum atomic E-state index is 11.2. The van der Waals surface area contributed by atoms with Gasteiger partial charge in [0, 0.05) is 36.6 Å². The maximum Gasteiger partial charge on any atom is 0.247 e. The summed E-state index contributed by atoms with van der Waals surface area (Å²) in [6, 6.07) is 3.72. The highest BCUT2D eigenvalue weighted by molar-refractivity contribution is 5.97. The van der Waals surface area contributed by atoms with Crippen molar-refractivity contribution < 1.29 is 4.79 Å². The zero-order chi connectivity index (χ0) is 14.4. The van der Waals surface area contributed by atoms with E-state index in [9.17, 15) is 4.79 Å². The van der Waals surface area contributed by atoms with Crippen molar-refractivity contribution in [3.05, 3.63) is 30.1 Å². The molecule has 0 spiro atoms. The first-order chi connectivity index (χ1) is 10.2. The van der Waals surface area contributed by atoms with Crippen LogP contribution in [-0.4, -0.2) is 37.4 Å². The molecule has 0 fully saturated rings. The summed E-state index contributed by atoms with van der Waals surface area (Å²) >= 11 is 0. The molecule has 0 atom stereocenters. The number of hydrogen-bond acceptors (Lipinski definition) is 5. The molecule has 112 valence electrons. The van der Waals surface area contributed by atoms with Crippen molar-refractivity contribution in [3.8, 4) is 11.4 Å². The van der Waals surface area contributed by atoms with Crippen molar-refractivity contribution in [1.29, 1.82) is 0 Å². The topological polar surface area (TPSA) is 115 Å². The maximum absolute atomic E-state index is 11.2. The minimum Gasteiger partial charge on any atom is -0.366 e. The molecule has 0 aromatic carbocycles. The Morgan fingerprint density at radius 2 is 2.27 bits per heavy atom. The van der Waals surface area contributed by atoms with Gasteiger partial charge in [0.15, 0.2) is 0 Å². The van der Waals surface area contributed by atoms with Crippen LogP contribution in [0, 0.1) is 0 Å². The van der Waals surface area contributed by atoms with Gasteiger partial charge in [0.1, 0.15) is 17.2 Å². The number of fused-ring (bicyclic) bond motifs is 2. The fourth-order valence-corrected chi connectivity index (χ4v) is 2.32. The Labute approximate surface area is 130 Å². The summed E-state index contributed by atoms with van der Waals surface area (Å²) < 4.78 is 1.59. The molecule has 1 amide bonds. The number of nitrogens with two attached hydrogens (primary N) is 1. The normalized spacial score (nSPS) is 13.0. The van der Waals surface area contributed by atoms with E-state index in [4.69, 9.17) is 5.73 Å². The number of aromatic amines is 1.